The molecule has 1 aromatic heterocycles. The van der Waals surface area contributed by atoms with Gasteiger partial charge < -0.3 is 14.1 Å². The van der Waals surface area contributed by atoms with Crippen LogP contribution in [0.25, 0.3) is 11.0 Å². The number of fused-ring (bicyclic) bond motifs is 2. The number of rotatable bonds is 8. The van der Waals surface area contributed by atoms with Gasteiger partial charge in [-0.2, -0.15) is 0 Å². The molecule has 4 aromatic rings. The normalized spacial score (nSPS) is 15.0. The largest absolute Gasteiger partial charge is 0.494 e. The lowest BCUT2D eigenvalue weighted by molar-refractivity contribution is 0.0730. The summed E-state index contributed by atoms with van der Waals surface area (Å²) in [5.74, 6) is 0.587. The number of halogens is 1. The second-order valence-electron chi connectivity index (χ2n) is 8.72. The number of carbonyl (C=O) groups is 1. The Morgan fingerprint density at radius 1 is 1.00 bits per heavy atom. The fourth-order valence-corrected chi connectivity index (χ4v) is 4.72. The second-order valence-corrected chi connectivity index (χ2v) is 9.16. The molecule has 0 bridgehead atoms. The summed E-state index contributed by atoms with van der Waals surface area (Å²) >= 11 is 6.17. The van der Waals surface area contributed by atoms with Gasteiger partial charge in [0.25, 0.3) is 5.91 Å². The Kier molecular flexibility index (Phi) is 6.60. The second kappa shape index (κ2) is 9.96. The van der Waals surface area contributed by atoms with E-state index in [1.54, 1.807) is 23.1 Å². The van der Waals surface area contributed by atoms with Gasteiger partial charge in [-0.05, 0) is 54.3 Å². The van der Waals surface area contributed by atoms with Crippen molar-refractivity contribution in [3.8, 4) is 5.75 Å². The summed E-state index contributed by atoms with van der Waals surface area (Å²) in [7, 11) is 0. The van der Waals surface area contributed by atoms with Crippen LogP contribution in [0, 0.1) is 0 Å². The molecule has 6 heteroatoms. The van der Waals surface area contributed by atoms with Gasteiger partial charge in [-0.25, -0.2) is 0 Å². The molecule has 0 aliphatic carbocycles. The van der Waals surface area contributed by atoms with E-state index in [9.17, 15) is 9.59 Å². The summed E-state index contributed by atoms with van der Waals surface area (Å²) in [6.45, 7) is 3.22. The van der Waals surface area contributed by atoms with Crippen LogP contribution >= 0.6 is 11.6 Å². The third-order valence-electron chi connectivity index (χ3n) is 6.37. The fraction of sp³-hybridized carbons (Fsp3) is 0.241. The van der Waals surface area contributed by atoms with Gasteiger partial charge in [0.1, 0.15) is 11.3 Å². The van der Waals surface area contributed by atoms with Crippen LogP contribution in [0.5, 0.6) is 5.75 Å². The van der Waals surface area contributed by atoms with Crippen molar-refractivity contribution in [3.05, 3.63) is 110 Å². The van der Waals surface area contributed by atoms with Gasteiger partial charge in [0.2, 0.25) is 5.76 Å². The van der Waals surface area contributed by atoms with E-state index in [2.05, 4.69) is 6.92 Å². The van der Waals surface area contributed by atoms with Crippen LogP contribution in [-0.4, -0.2) is 24.0 Å². The van der Waals surface area contributed by atoms with Gasteiger partial charge in [0.05, 0.1) is 23.6 Å². The van der Waals surface area contributed by atoms with Crippen molar-refractivity contribution in [1.29, 1.82) is 0 Å². The van der Waals surface area contributed by atoms with E-state index < -0.39 is 6.04 Å². The van der Waals surface area contributed by atoms with E-state index in [-0.39, 0.29) is 17.1 Å². The summed E-state index contributed by atoms with van der Waals surface area (Å²) in [4.78, 5) is 28.9. The van der Waals surface area contributed by atoms with Gasteiger partial charge in [0, 0.05) is 11.6 Å². The Balaban J connectivity index is 1.56. The summed E-state index contributed by atoms with van der Waals surface area (Å²) in [5, 5.41) is 0.818. The maximum atomic E-state index is 13.6. The number of nitrogens with zero attached hydrogens (tertiary/aromatic N) is 1. The highest BCUT2D eigenvalue weighted by Gasteiger charge is 2.42. The highest BCUT2D eigenvalue weighted by Crippen LogP contribution is 2.39. The SMILES string of the molecule is CCCCOc1ccc(C2c3c(oc4ccc(Cl)cc4c3=O)C(=O)N2CCc2ccccc2)cc1. The zero-order valence-corrected chi connectivity index (χ0v) is 20.3. The third-order valence-corrected chi connectivity index (χ3v) is 6.61. The summed E-state index contributed by atoms with van der Waals surface area (Å²) < 4.78 is 11.8. The summed E-state index contributed by atoms with van der Waals surface area (Å²) in [5.41, 5.74) is 2.44. The summed E-state index contributed by atoms with van der Waals surface area (Å²) in [6, 6.07) is 22.0. The first-order valence-corrected chi connectivity index (χ1v) is 12.3. The van der Waals surface area contributed by atoms with Crippen molar-refractivity contribution in [2.75, 3.05) is 13.2 Å². The highest BCUT2D eigenvalue weighted by molar-refractivity contribution is 6.31. The minimum absolute atomic E-state index is 0.103. The number of unbranched alkanes of at least 4 members (excludes halogenated alkanes) is 1. The number of hydrogen-bond donors (Lipinski definition) is 0. The fourth-order valence-electron chi connectivity index (χ4n) is 4.54. The molecule has 1 amide bonds. The molecule has 5 nitrogen and oxygen atoms in total. The number of carbonyl (C=O) groups excluding carboxylic acids is 1. The molecule has 178 valence electrons. The minimum Gasteiger partial charge on any atom is -0.494 e. The zero-order valence-electron chi connectivity index (χ0n) is 19.5. The van der Waals surface area contributed by atoms with Crippen LogP contribution in [0.1, 0.15) is 53.1 Å². The first kappa shape index (κ1) is 23.2. The highest BCUT2D eigenvalue weighted by atomic mass is 35.5. The molecule has 0 saturated heterocycles. The third kappa shape index (κ3) is 4.56. The van der Waals surface area contributed by atoms with E-state index in [0.29, 0.717) is 41.1 Å². The number of benzene rings is 3. The van der Waals surface area contributed by atoms with Crippen molar-refractivity contribution in [1.82, 2.24) is 4.90 Å². The molecule has 0 fully saturated rings. The maximum absolute atomic E-state index is 13.6. The Bertz CT molecular complexity index is 1410. The predicted octanol–water partition coefficient (Wildman–Crippen LogP) is 6.41. The monoisotopic (exact) mass is 487 g/mol. The smallest absolute Gasteiger partial charge is 0.290 e. The molecular formula is C29H26ClNO4. The quantitative estimate of drug-likeness (QED) is 0.269. The molecule has 3 aromatic carbocycles. The standard InChI is InChI=1S/C29H26ClNO4/c1-2-3-17-34-22-12-9-20(10-13-22)26-25-27(32)23-18-21(30)11-14-24(23)35-28(25)29(33)31(26)16-15-19-7-5-4-6-8-19/h4-14,18,26H,2-3,15-17H2,1H3. The van der Waals surface area contributed by atoms with Gasteiger partial charge in [-0.3, -0.25) is 9.59 Å². The van der Waals surface area contributed by atoms with Gasteiger partial charge in [-0.15, -0.1) is 0 Å². The molecule has 1 unspecified atom stereocenters. The molecular weight excluding hydrogens is 462 g/mol. The minimum atomic E-state index is -0.550. The molecule has 0 radical (unpaired) electrons. The average molecular weight is 488 g/mol. The summed E-state index contributed by atoms with van der Waals surface area (Å²) in [6.07, 6.45) is 2.70. The van der Waals surface area contributed by atoms with Crippen LogP contribution in [0.2, 0.25) is 5.02 Å². The lowest BCUT2D eigenvalue weighted by Gasteiger charge is -2.25. The lowest BCUT2D eigenvalue weighted by atomic mass is 9.98. The Hall–Kier alpha value is -3.57. The molecule has 1 aliphatic rings. The Morgan fingerprint density at radius 2 is 1.77 bits per heavy atom. The molecule has 35 heavy (non-hydrogen) atoms. The predicted molar refractivity (Wildman–Crippen MR) is 137 cm³/mol. The van der Waals surface area contributed by atoms with Crippen LogP contribution in [0.15, 0.2) is 82.0 Å². The lowest BCUT2D eigenvalue weighted by Crippen LogP contribution is -2.31. The molecule has 5 rings (SSSR count). The van der Waals surface area contributed by atoms with Crippen molar-refractivity contribution >= 4 is 28.5 Å². The van der Waals surface area contributed by atoms with E-state index in [1.807, 2.05) is 54.6 Å². The van der Waals surface area contributed by atoms with Crippen LogP contribution < -0.4 is 10.2 Å². The number of hydrogen-bond acceptors (Lipinski definition) is 4. The van der Waals surface area contributed by atoms with Crippen molar-refractivity contribution in [2.45, 2.75) is 32.2 Å². The number of amides is 1. The molecule has 0 spiro atoms. The molecule has 1 atom stereocenters. The van der Waals surface area contributed by atoms with Crippen molar-refractivity contribution < 1.29 is 13.9 Å². The average Bonchev–Trinajstić information content (AvgIpc) is 3.16. The Labute approximate surface area is 208 Å². The van der Waals surface area contributed by atoms with Gasteiger partial charge in [0.15, 0.2) is 5.43 Å². The molecule has 1 aliphatic heterocycles. The van der Waals surface area contributed by atoms with Crippen LogP contribution in [0.3, 0.4) is 0 Å². The number of ether oxygens (including phenoxy) is 1. The van der Waals surface area contributed by atoms with Crippen molar-refractivity contribution in [2.24, 2.45) is 0 Å². The Morgan fingerprint density at radius 3 is 2.51 bits per heavy atom. The first-order valence-electron chi connectivity index (χ1n) is 11.9. The maximum Gasteiger partial charge on any atom is 0.290 e. The van der Waals surface area contributed by atoms with Gasteiger partial charge in [-0.1, -0.05) is 67.4 Å². The van der Waals surface area contributed by atoms with E-state index in [1.165, 1.54) is 0 Å². The van der Waals surface area contributed by atoms with Crippen LogP contribution in [-0.2, 0) is 6.42 Å². The van der Waals surface area contributed by atoms with Gasteiger partial charge >= 0.3 is 0 Å². The van der Waals surface area contributed by atoms with Crippen LogP contribution in [0.4, 0.5) is 0 Å². The van der Waals surface area contributed by atoms with Crippen molar-refractivity contribution in [3.63, 3.8) is 0 Å². The zero-order chi connectivity index (χ0) is 24.4. The van der Waals surface area contributed by atoms with E-state index in [4.69, 9.17) is 20.8 Å². The molecule has 2 heterocycles. The molecule has 0 N–H and O–H groups in total. The van der Waals surface area contributed by atoms with E-state index in [0.717, 1.165) is 29.7 Å². The van der Waals surface area contributed by atoms with E-state index >= 15 is 0 Å². The molecule has 0 saturated carbocycles. The first-order chi connectivity index (χ1) is 17.1. The topological polar surface area (TPSA) is 59.8 Å².